The normalized spacial score (nSPS) is 10.8. The lowest BCUT2D eigenvalue weighted by atomic mass is 9.97. The van der Waals surface area contributed by atoms with Crippen molar-refractivity contribution in [3.63, 3.8) is 0 Å². The Hall–Kier alpha value is -5.16. The summed E-state index contributed by atoms with van der Waals surface area (Å²) in [4.78, 5) is 34.7. The summed E-state index contributed by atoms with van der Waals surface area (Å²) in [7, 11) is 0. The van der Waals surface area contributed by atoms with Crippen molar-refractivity contribution in [3.05, 3.63) is 118 Å². The zero-order valence-electron chi connectivity index (χ0n) is 21.6. The van der Waals surface area contributed by atoms with Crippen LogP contribution in [0, 0.1) is 11.3 Å². The number of fused-ring (bicyclic) bond motifs is 1. The van der Waals surface area contributed by atoms with Gasteiger partial charge in [-0.05, 0) is 53.4 Å². The number of nitrogens with zero attached hydrogens (tertiary/aromatic N) is 4. The van der Waals surface area contributed by atoms with E-state index in [4.69, 9.17) is 4.89 Å². The van der Waals surface area contributed by atoms with E-state index in [2.05, 4.69) is 23.0 Å². The number of hydrogen-bond acceptors (Lipinski definition) is 6. The Labute approximate surface area is 225 Å². The van der Waals surface area contributed by atoms with Gasteiger partial charge in [0.1, 0.15) is 5.65 Å². The van der Waals surface area contributed by atoms with Crippen molar-refractivity contribution in [2.45, 2.75) is 33.1 Å². The van der Waals surface area contributed by atoms with Crippen molar-refractivity contribution in [2.75, 3.05) is 0 Å². The van der Waals surface area contributed by atoms with Gasteiger partial charge in [-0.25, -0.2) is 9.31 Å². The molecule has 8 nitrogen and oxygen atoms in total. The minimum Gasteiger partial charge on any atom is -0.287 e. The van der Waals surface area contributed by atoms with Gasteiger partial charge in [-0.15, -0.1) is 0 Å². The van der Waals surface area contributed by atoms with Gasteiger partial charge in [-0.1, -0.05) is 55.8 Å². The number of benzene rings is 3. The summed E-state index contributed by atoms with van der Waals surface area (Å²) < 4.78 is 3.47. The van der Waals surface area contributed by atoms with Crippen LogP contribution in [0.25, 0.3) is 22.5 Å². The Morgan fingerprint density at radius 1 is 1.00 bits per heavy atom. The number of rotatable bonds is 8. The van der Waals surface area contributed by atoms with E-state index in [1.807, 2.05) is 53.0 Å². The third-order valence-corrected chi connectivity index (χ3v) is 6.45. The molecule has 5 rings (SSSR count). The Kier molecular flexibility index (Phi) is 7.23. The average molecular weight is 519 g/mol. The Morgan fingerprint density at radius 2 is 1.74 bits per heavy atom. The first-order chi connectivity index (χ1) is 19.0. The second kappa shape index (κ2) is 11.1. The summed E-state index contributed by atoms with van der Waals surface area (Å²) in [6.45, 7) is 3.33. The van der Waals surface area contributed by atoms with Crippen LogP contribution in [0.15, 0.2) is 89.9 Å². The molecular formula is C31H26N4O4. The first-order valence-corrected chi connectivity index (χ1v) is 12.6. The minimum absolute atomic E-state index is 0.126. The Balaban J connectivity index is 1.56. The summed E-state index contributed by atoms with van der Waals surface area (Å²) in [6.07, 6.45) is 3.68. The third kappa shape index (κ3) is 5.15. The van der Waals surface area contributed by atoms with E-state index in [-0.39, 0.29) is 5.56 Å². The van der Waals surface area contributed by atoms with Gasteiger partial charge >= 0.3 is 5.97 Å². The van der Waals surface area contributed by atoms with Gasteiger partial charge in [0.2, 0.25) is 0 Å². The first-order valence-electron chi connectivity index (χ1n) is 12.6. The molecule has 0 saturated heterocycles. The first kappa shape index (κ1) is 25.5. The smallest absolute Gasteiger partial charge is 0.287 e. The van der Waals surface area contributed by atoms with Gasteiger partial charge in [0.05, 0.1) is 29.2 Å². The van der Waals surface area contributed by atoms with Crippen molar-refractivity contribution >= 4 is 11.6 Å². The standard InChI is InChI=1S/C31H26N4O4/c1-3-6-29-28(19-22-9-11-23(12-10-22)27-8-5-4-7-24(27)20-32)31(37)34(30-17-18-33-35(29)30)25-13-15-26(16-14-25)39-38-21(2)36/h4-5,7-18H,3,6,19H2,1-2H3. The third-order valence-electron chi connectivity index (χ3n) is 6.45. The van der Waals surface area contributed by atoms with Crippen LogP contribution < -0.4 is 10.4 Å². The molecule has 0 aliphatic carbocycles. The van der Waals surface area contributed by atoms with Gasteiger partial charge in [-0.2, -0.15) is 10.4 Å². The van der Waals surface area contributed by atoms with Gasteiger partial charge < -0.3 is 0 Å². The molecule has 8 heteroatoms. The fourth-order valence-corrected chi connectivity index (χ4v) is 4.68. The Morgan fingerprint density at radius 3 is 2.44 bits per heavy atom. The lowest BCUT2D eigenvalue weighted by Crippen LogP contribution is -2.28. The quantitative estimate of drug-likeness (QED) is 0.201. The summed E-state index contributed by atoms with van der Waals surface area (Å²) in [5, 5.41) is 14.0. The number of aromatic nitrogens is 3. The molecule has 194 valence electrons. The molecule has 0 fully saturated rings. The van der Waals surface area contributed by atoms with Crippen molar-refractivity contribution in [1.29, 1.82) is 5.26 Å². The van der Waals surface area contributed by atoms with Crippen LogP contribution in [0.5, 0.6) is 5.75 Å². The zero-order valence-corrected chi connectivity index (χ0v) is 21.6. The molecule has 2 aromatic heterocycles. The summed E-state index contributed by atoms with van der Waals surface area (Å²) in [5.41, 5.74) is 6.13. The molecule has 0 aliphatic heterocycles. The molecule has 0 bridgehead atoms. The molecule has 0 atom stereocenters. The topological polar surface area (TPSA) is 98.6 Å². The maximum absolute atomic E-state index is 14.0. The monoisotopic (exact) mass is 518 g/mol. The second-order valence-corrected chi connectivity index (χ2v) is 9.10. The van der Waals surface area contributed by atoms with E-state index < -0.39 is 5.97 Å². The summed E-state index contributed by atoms with van der Waals surface area (Å²) in [5.74, 6) is -0.220. The van der Waals surface area contributed by atoms with Crippen LogP contribution >= 0.6 is 0 Å². The summed E-state index contributed by atoms with van der Waals surface area (Å²) >= 11 is 0. The highest BCUT2D eigenvalue weighted by Crippen LogP contribution is 2.25. The van der Waals surface area contributed by atoms with E-state index >= 15 is 0 Å². The molecule has 0 amide bonds. The van der Waals surface area contributed by atoms with Gasteiger partial charge in [-0.3, -0.25) is 19.1 Å². The lowest BCUT2D eigenvalue weighted by Gasteiger charge is -2.17. The van der Waals surface area contributed by atoms with E-state index in [0.29, 0.717) is 41.1 Å². The molecule has 39 heavy (non-hydrogen) atoms. The fourth-order valence-electron chi connectivity index (χ4n) is 4.68. The minimum atomic E-state index is -0.560. The van der Waals surface area contributed by atoms with Crippen LogP contribution in [0.3, 0.4) is 0 Å². The second-order valence-electron chi connectivity index (χ2n) is 9.10. The fraction of sp³-hybridized carbons (Fsp3) is 0.161. The van der Waals surface area contributed by atoms with Gasteiger partial charge in [0.25, 0.3) is 5.56 Å². The predicted octanol–water partition coefficient (Wildman–Crippen LogP) is 5.42. The zero-order chi connectivity index (χ0) is 27.4. The number of hydrogen-bond donors (Lipinski definition) is 0. The maximum atomic E-state index is 14.0. The molecule has 2 heterocycles. The highest BCUT2D eigenvalue weighted by atomic mass is 17.2. The van der Waals surface area contributed by atoms with Crippen LogP contribution in [0.1, 0.15) is 42.7 Å². The van der Waals surface area contributed by atoms with E-state index in [9.17, 15) is 14.9 Å². The summed E-state index contributed by atoms with van der Waals surface area (Å²) in [6, 6.07) is 26.3. The SMILES string of the molecule is CCCc1c(Cc2ccc(-c3ccccc3C#N)cc2)c(=O)n(-c2ccc(OOC(C)=O)cc2)c2ccnn12. The molecule has 5 aromatic rings. The molecule has 0 aliphatic rings. The number of carbonyl (C=O) groups is 1. The van der Waals surface area contributed by atoms with Crippen molar-refractivity contribution in [1.82, 2.24) is 14.2 Å². The highest BCUT2D eigenvalue weighted by Gasteiger charge is 2.19. The molecule has 0 unspecified atom stereocenters. The molecule has 0 saturated carbocycles. The maximum Gasteiger partial charge on any atom is 0.352 e. The van der Waals surface area contributed by atoms with Gasteiger partial charge in [0.15, 0.2) is 5.75 Å². The van der Waals surface area contributed by atoms with Crippen LogP contribution in [0.2, 0.25) is 0 Å². The van der Waals surface area contributed by atoms with Crippen LogP contribution in [-0.2, 0) is 22.5 Å². The van der Waals surface area contributed by atoms with E-state index in [1.54, 1.807) is 41.1 Å². The molecule has 0 radical (unpaired) electrons. The molecular weight excluding hydrogens is 492 g/mol. The number of nitriles is 1. The molecule has 3 aromatic carbocycles. The number of aryl methyl sites for hydroxylation is 1. The molecule has 0 N–H and O–H groups in total. The largest absolute Gasteiger partial charge is 0.352 e. The van der Waals surface area contributed by atoms with Crippen molar-refractivity contribution < 1.29 is 14.6 Å². The van der Waals surface area contributed by atoms with E-state index in [1.165, 1.54) is 6.92 Å². The predicted molar refractivity (Wildman–Crippen MR) is 147 cm³/mol. The highest BCUT2D eigenvalue weighted by molar-refractivity contribution is 5.70. The van der Waals surface area contributed by atoms with Gasteiger partial charge in [0, 0.05) is 25.0 Å². The van der Waals surface area contributed by atoms with Crippen molar-refractivity contribution in [3.8, 4) is 28.6 Å². The van der Waals surface area contributed by atoms with E-state index in [0.717, 1.165) is 28.8 Å². The number of carbonyl (C=O) groups excluding carboxylic acids is 1. The average Bonchev–Trinajstić information content (AvgIpc) is 3.44. The van der Waals surface area contributed by atoms with Crippen LogP contribution in [0.4, 0.5) is 0 Å². The lowest BCUT2D eigenvalue weighted by molar-refractivity contribution is -0.210. The Bertz CT molecular complexity index is 1740. The molecule has 0 spiro atoms. The van der Waals surface area contributed by atoms with Crippen molar-refractivity contribution in [2.24, 2.45) is 0 Å². The van der Waals surface area contributed by atoms with Crippen LogP contribution in [-0.4, -0.2) is 20.2 Å².